The van der Waals surface area contributed by atoms with Crippen LogP contribution in [0.25, 0.3) is 0 Å². The van der Waals surface area contributed by atoms with Gasteiger partial charge in [0.2, 0.25) is 0 Å². The fourth-order valence-electron chi connectivity index (χ4n) is 2.83. The topological polar surface area (TPSA) is 94.1 Å². The molecular formula is C15H19N3O4S. The normalized spacial score (nSPS) is 17.9. The molecule has 0 saturated carbocycles. The van der Waals surface area contributed by atoms with Gasteiger partial charge < -0.3 is 0 Å². The molecule has 1 aliphatic rings. The van der Waals surface area contributed by atoms with Crippen LogP contribution in [0.4, 0.5) is 0 Å². The second-order valence-corrected chi connectivity index (χ2v) is 7.37. The van der Waals surface area contributed by atoms with E-state index >= 15 is 0 Å². The van der Waals surface area contributed by atoms with Crippen LogP contribution in [0.2, 0.25) is 0 Å². The van der Waals surface area contributed by atoms with Crippen molar-refractivity contribution in [1.82, 2.24) is 14.8 Å². The van der Waals surface area contributed by atoms with Gasteiger partial charge in [-0.05, 0) is 38.3 Å². The summed E-state index contributed by atoms with van der Waals surface area (Å²) >= 11 is 0. The minimum absolute atomic E-state index is 0.0379. The minimum Gasteiger partial charge on any atom is -0.279 e. The number of aryl methyl sites for hydroxylation is 1. The summed E-state index contributed by atoms with van der Waals surface area (Å²) in [5, 5.41) is 6.49. The first-order valence-electron chi connectivity index (χ1n) is 7.58. The molecule has 1 aromatic carbocycles. The third-order valence-corrected chi connectivity index (χ3v) is 5.43. The Kier molecular flexibility index (Phi) is 4.36. The van der Waals surface area contributed by atoms with Gasteiger partial charge >= 0.3 is 5.69 Å². The largest absolute Gasteiger partial charge is 0.343 e. The Balaban J connectivity index is 1.64. The number of H-pyrrole nitrogens is 1. The molecule has 0 bridgehead atoms. The Labute approximate surface area is 134 Å². The Hall–Kier alpha value is -1.93. The maximum Gasteiger partial charge on any atom is 0.343 e. The van der Waals surface area contributed by atoms with Crippen LogP contribution in [0, 0.1) is 6.92 Å². The molecule has 0 spiro atoms. The first kappa shape index (κ1) is 15.9. The van der Waals surface area contributed by atoms with Crippen molar-refractivity contribution < 1.29 is 12.6 Å². The lowest BCUT2D eigenvalue weighted by Crippen LogP contribution is -2.25. The fraction of sp³-hybridized carbons (Fsp3) is 0.467. The van der Waals surface area contributed by atoms with Gasteiger partial charge in [-0.25, -0.2) is 9.89 Å². The van der Waals surface area contributed by atoms with Gasteiger partial charge in [-0.2, -0.15) is 13.5 Å². The molecule has 1 atom stereocenters. The zero-order valence-corrected chi connectivity index (χ0v) is 13.7. The standard InChI is InChI=1S/C15H19N3O4S/c1-11-4-6-13(7-5-11)23(20,21)22-10-8-12-3-2-9-18-14(12)16-17-15(18)19/h4-7,12H,2-3,8-10H2,1H3,(H,17,19). The maximum atomic E-state index is 12.1. The minimum atomic E-state index is -3.75. The lowest BCUT2D eigenvalue weighted by molar-refractivity contribution is 0.283. The van der Waals surface area contributed by atoms with E-state index in [0.717, 1.165) is 18.4 Å². The highest BCUT2D eigenvalue weighted by molar-refractivity contribution is 7.86. The highest BCUT2D eigenvalue weighted by Gasteiger charge is 2.25. The molecule has 1 unspecified atom stereocenters. The zero-order valence-electron chi connectivity index (χ0n) is 12.9. The summed E-state index contributed by atoms with van der Waals surface area (Å²) in [6, 6.07) is 6.55. The van der Waals surface area contributed by atoms with Crippen molar-refractivity contribution in [3.05, 3.63) is 46.1 Å². The van der Waals surface area contributed by atoms with E-state index in [-0.39, 0.29) is 23.1 Å². The summed E-state index contributed by atoms with van der Waals surface area (Å²) in [5.74, 6) is 0.730. The van der Waals surface area contributed by atoms with Crippen molar-refractivity contribution >= 4 is 10.1 Å². The summed E-state index contributed by atoms with van der Waals surface area (Å²) in [5.41, 5.74) is 0.778. The van der Waals surface area contributed by atoms with Crippen LogP contribution in [0.15, 0.2) is 34.0 Å². The van der Waals surface area contributed by atoms with Crippen LogP contribution in [-0.2, 0) is 20.8 Å². The van der Waals surface area contributed by atoms with Crippen molar-refractivity contribution in [2.75, 3.05) is 6.61 Å². The quantitative estimate of drug-likeness (QED) is 0.836. The zero-order chi connectivity index (χ0) is 16.4. The molecule has 3 rings (SSSR count). The molecule has 7 nitrogen and oxygen atoms in total. The molecule has 1 aliphatic heterocycles. The van der Waals surface area contributed by atoms with Gasteiger partial charge in [0.1, 0.15) is 5.82 Å². The lowest BCUT2D eigenvalue weighted by atomic mass is 9.96. The highest BCUT2D eigenvalue weighted by Crippen LogP contribution is 2.27. The molecule has 2 heterocycles. The van der Waals surface area contributed by atoms with Gasteiger partial charge in [-0.1, -0.05) is 17.7 Å². The van der Waals surface area contributed by atoms with Crippen molar-refractivity contribution in [3.63, 3.8) is 0 Å². The molecule has 0 aliphatic carbocycles. The van der Waals surface area contributed by atoms with E-state index in [1.165, 1.54) is 12.1 Å². The van der Waals surface area contributed by atoms with E-state index in [0.29, 0.717) is 18.8 Å². The molecule has 0 saturated heterocycles. The van der Waals surface area contributed by atoms with Crippen molar-refractivity contribution in [3.8, 4) is 0 Å². The van der Waals surface area contributed by atoms with Crippen molar-refractivity contribution in [2.45, 2.75) is 43.5 Å². The summed E-state index contributed by atoms with van der Waals surface area (Å²) in [6.07, 6.45) is 2.26. The van der Waals surface area contributed by atoms with E-state index in [9.17, 15) is 13.2 Å². The number of hydrogen-bond donors (Lipinski definition) is 1. The maximum absolute atomic E-state index is 12.1. The summed E-state index contributed by atoms with van der Waals surface area (Å²) in [4.78, 5) is 11.7. The average Bonchev–Trinajstić information content (AvgIpc) is 2.90. The Morgan fingerprint density at radius 1 is 1.35 bits per heavy atom. The molecule has 124 valence electrons. The van der Waals surface area contributed by atoms with Crippen molar-refractivity contribution in [2.24, 2.45) is 0 Å². The van der Waals surface area contributed by atoms with Gasteiger partial charge in [0, 0.05) is 12.5 Å². The van der Waals surface area contributed by atoms with E-state index in [2.05, 4.69) is 10.2 Å². The van der Waals surface area contributed by atoms with Gasteiger partial charge in [0.05, 0.1) is 11.5 Å². The third-order valence-electron chi connectivity index (χ3n) is 4.10. The predicted octanol–water partition coefficient (Wildman–Crippen LogP) is 1.55. The number of rotatable bonds is 5. The number of aromatic nitrogens is 3. The van der Waals surface area contributed by atoms with Crippen LogP contribution in [0.1, 0.15) is 36.6 Å². The van der Waals surface area contributed by atoms with E-state index in [1.54, 1.807) is 16.7 Å². The van der Waals surface area contributed by atoms with Crippen molar-refractivity contribution in [1.29, 1.82) is 0 Å². The molecule has 0 radical (unpaired) electrons. The Bertz CT molecular complexity index is 836. The fourth-order valence-corrected chi connectivity index (χ4v) is 3.75. The smallest absolute Gasteiger partial charge is 0.279 e. The first-order valence-corrected chi connectivity index (χ1v) is 8.99. The summed E-state index contributed by atoms with van der Waals surface area (Å²) in [6.45, 7) is 2.62. The van der Waals surface area contributed by atoms with E-state index in [4.69, 9.17) is 4.18 Å². The third kappa shape index (κ3) is 3.37. The molecule has 8 heteroatoms. The van der Waals surface area contributed by atoms with E-state index < -0.39 is 10.1 Å². The molecular weight excluding hydrogens is 318 g/mol. The average molecular weight is 337 g/mol. The number of aromatic amines is 1. The molecule has 1 aromatic heterocycles. The van der Waals surface area contributed by atoms with Crippen LogP contribution in [0.5, 0.6) is 0 Å². The van der Waals surface area contributed by atoms with Crippen LogP contribution >= 0.6 is 0 Å². The lowest BCUT2D eigenvalue weighted by Gasteiger charge is -2.21. The second-order valence-electron chi connectivity index (χ2n) is 5.76. The van der Waals surface area contributed by atoms with Crippen LogP contribution in [0.3, 0.4) is 0 Å². The number of nitrogens with zero attached hydrogens (tertiary/aromatic N) is 2. The van der Waals surface area contributed by atoms with Gasteiger partial charge in [0.15, 0.2) is 0 Å². The molecule has 1 N–H and O–H groups in total. The monoisotopic (exact) mass is 337 g/mol. The summed E-state index contributed by atoms with van der Waals surface area (Å²) in [7, 11) is -3.75. The summed E-state index contributed by atoms with van der Waals surface area (Å²) < 4.78 is 31.0. The number of benzene rings is 1. The van der Waals surface area contributed by atoms with Crippen LogP contribution in [-0.4, -0.2) is 29.8 Å². The molecule has 0 amide bonds. The number of fused-ring (bicyclic) bond motifs is 1. The molecule has 23 heavy (non-hydrogen) atoms. The van der Waals surface area contributed by atoms with Crippen LogP contribution < -0.4 is 5.69 Å². The van der Waals surface area contributed by atoms with Gasteiger partial charge in [-0.3, -0.25) is 8.75 Å². The van der Waals surface area contributed by atoms with Gasteiger partial charge in [0.25, 0.3) is 10.1 Å². The number of nitrogens with one attached hydrogen (secondary N) is 1. The molecule has 2 aromatic rings. The Morgan fingerprint density at radius 2 is 2.09 bits per heavy atom. The predicted molar refractivity (Wildman–Crippen MR) is 83.8 cm³/mol. The van der Waals surface area contributed by atoms with E-state index in [1.807, 2.05) is 6.92 Å². The Morgan fingerprint density at radius 3 is 2.83 bits per heavy atom. The highest BCUT2D eigenvalue weighted by atomic mass is 32.2. The van der Waals surface area contributed by atoms with Gasteiger partial charge in [-0.15, -0.1) is 0 Å². The molecule has 0 fully saturated rings. The second kappa shape index (κ2) is 6.29. The first-order chi connectivity index (χ1) is 11.0. The SMILES string of the molecule is Cc1ccc(S(=O)(=O)OCCC2CCCn3c2n[nH]c3=O)cc1. The number of hydrogen-bond acceptors (Lipinski definition) is 5.